The van der Waals surface area contributed by atoms with Crippen LogP contribution in [0.15, 0.2) is 84.9 Å². The average molecular weight is 407 g/mol. The minimum absolute atomic E-state index is 0.213. The molecule has 0 amide bonds. The number of benzene rings is 3. The van der Waals surface area contributed by atoms with Gasteiger partial charge in [0.05, 0.1) is 6.10 Å². The van der Waals surface area contributed by atoms with Crippen molar-refractivity contribution in [1.29, 1.82) is 0 Å². The summed E-state index contributed by atoms with van der Waals surface area (Å²) in [5.74, 6) is 0.750. The number of ether oxygens (including phenoxy) is 1. The van der Waals surface area contributed by atoms with Crippen LogP contribution < -0.4 is 0 Å². The number of aryl methyl sites for hydroxylation is 1. The lowest BCUT2D eigenvalue weighted by atomic mass is 10.00. The Hall–Kier alpha value is -2.10. The van der Waals surface area contributed by atoms with Gasteiger partial charge in [-0.15, -0.1) is 11.8 Å². The Balaban J connectivity index is 1.37. The van der Waals surface area contributed by atoms with E-state index >= 15 is 0 Å². The number of unbranched alkanes of at least 4 members (excludes halogenated alkanes) is 2. The zero-order chi connectivity index (χ0) is 19.9. The second-order valence-corrected chi connectivity index (χ2v) is 8.82. The first-order valence-electron chi connectivity index (χ1n) is 10.4. The standard InChI is InChI=1S/C26H27FOS/c27-24-18-16-23(17-19-24)26(22-13-7-3-8-14-22)28-25(20-29-26)15-9-2-6-12-21-10-4-1-5-11-21/h1,3-5,7-8,10-11,13-14,16-19,25H,2,6,9,12,15,20H2. The van der Waals surface area contributed by atoms with Gasteiger partial charge in [-0.2, -0.15) is 0 Å². The molecule has 3 aromatic carbocycles. The largest absolute Gasteiger partial charge is 0.352 e. The van der Waals surface area contributed by atoms with Crippen LogP contribution in [-0.4, -0.2) is 11.9 Å². The summed E-state index contributed by atoms with van der Waals surface area (Å²) in [4.78, 5) is -0.538. The van der Waals surface area contributed by atoms with E-state index in [1.165, 1.54) is 37.0 Å². The van der Waals surface area contributed by atoms with E-state index in [0.717, 1.165) is 29.7 Å². The van der Waals surface area contributed by atoms with E-state index in [1.807, 2.05) is 42.1 Å². The van der Waals surface area contributed by atoms with Crippen LogP contribution in [0.1, 0.15) is 42.4 Å². The molecule has 1 saturated heterocycles. The fourth-order valence-corrected chi connectivity index (χ4v) is 5.44. The van der Waals surface area contributed by atoms with E-state index in [4.69, 9.17) is 4.74 Å². The molecular formula is C26H27FOS. The fourth-order valence-electron chi connectivity index (χ4n) is 3.97. The molecule has 0 radical (unpaired) electrons. The van der Waals surface area contributed by atoms with Gasteiger partial charge in [-0.3, -0.25) is 0 Å². The maximum Gasteiger partial charge on any atom is 0.165 e. The number of thioether (sulfide) groups is 1. The van der Waals surface area contributed by atoms with Crippen molar-refractivity contribution in [2.24, 2.45) is 0 Å². The number of rotatable bonds is 8. The highest BCUT2D eigenvalue weighted by Gasteiger charge is 2.43. The topological polar surface area (TPSA) is 9.23 Å². The molecule has 3 heteroatoms. The molecule has 0 bridgehead atoms. The van der Waals surface area contributed by atoms with Crippen molar-refractivity contribution in [2.45, 2.75) is 43.1 Å². The molecule has 2 unspecified atom stereocenters. The van der Waals surface area contributed by atoms with Crippen LogP contribution in [-0.2, 0) is 16.1 Å². The molecule has 2 atom stereocenters. The van der Waals surface area contributed by atoms with Gasteiger partial charge in [0.15, 0.2) is 4.93 Å². The summed E-state index contributed by atoms with van der Waals surface area (Å²) in [6.07, 6.45) is 6.04. The van der Waals surface area contributed by atoms with Crippen molar-refractivity contribution in [3.63, 3.8) is 0 Å². The molecule has 4 rings (SSSR count). The van der Waals surface area contributed by atoms with E-state index in [2.05, 4.69) is 42.5 Å². The quantitative estimate of drug-likeness (QED) is 0.374. The van der Waals surface area contributed by atoms with Gasteiger partial charge in [0.2, 0.25) is 0 Å². The second kappa shape index (κ2) is 9.60. The Bertz CT molecular complexity index is 882. The summed E-state index contributed by atoms with van der Waals surface area (Å²) in [7, 11) is 0. The fraction of sp³-hybridized carbons (Fsp3) is 0.308. The minimum Gasteiger partial charge on any atom is -0.352 e. The first-order valence-corrected chi connectivity index (χ1v) is 11.4. The first-order chi connectivity index (χ1) is 14.3. The lowest BCUT2D eigenvalue weighted by Gasteiger charge is -2.30. The van der Waals surface area contributed by atoms with Crippen molar-refractivity contribution < 1.29 is 9.13 Å². The van der Waals surface area contributed by atoms with E-state index in [1.54, 1.807) is 0 Å². The van der Waals surface area contributed by atoms with E-state index in [-0.39, 0.29) is 11.9 Å². The lowest BCUT2D eigenvalue weighted by molar-refractivity contribution is 0.00947. The smallest absolute Gasteiger partial charge is 0.165 e. The Kier molecular flexibility index (Phi) is 6.68. The second-order valence-electron chi connectivity index (χ2n) is 7.63. The zero-order valence-electron chi connectivity index (χ0n) is 16.6. The van der Waals surface area contributed by atoms with Crippen molar-refractivity contribution in [1.82, 2.24) is 0 Å². The van der Waals surface area contributed by atoms with Crippen LogP contribution in [0, 0.1) is 5.82 Å². The molecule has 3 aromatic rings. The van der Waals surface area contributed by atoms with Gasteiger partial charge in [0.1, 0.15) is 5.82 Å². The molecule has 1 fully saturated rings. The molecule has 0 aliphatic carbocycles. The third-order valence-electron chi connectivity index (χ3n) is 5.52. The number of hydrogen-bond donors (Lipinski definition) is 0. The summed E-state index contributed by atoms with van der Waals surface area (Å²) in [5.41, 5.74) is 3.56. The Morgan fingerprint density at radius 3 is 2.17 bits per heavy atom. The van der Waals surface area contributed by atoms with Crippen molar-refractivity contribution >= 4 is 11.8 Å². The third-order valence-corrected chi connectivity index (χ3v) is 7.03. The highest BCUT2D eigenvalue weighted by Crippen LogP contribution is 2.50. The molecule has 0 N–H and O–H groups in total. The van der Waals surface area contributed by atoms with Gasteiger partial charge in [-0.25, -0.2) is 4.39 Å². The third kappa shape index (κ3) is 4.91. The van der Waals surface area contributed by atoms with Gasteiger partial charge >= 0.3 is 0 Å². The van der Waals surface area contributed by atoms with Crippen LogP contribution in [0.2, 0.25) is 0 Å². The van der Waals surface area contributed by atoms with Crippen molar-refractivity contribution in [3.8, 4) is 0 Å². The van der Waals surface area contributed by atoms with Gasteiger partial charge in [-0.05, 0) is 48.1 Å². The molecule has 1 heterocycles. The molecular weight excluding hydrogens is 379 g/mol. The maximum atomic E-state index is 13.5. The molecule has 0 aromatic heterocycles. The lowest BCUT2D eigenvalue weighted by Crippen LogP contribution is -2.25. The predicted molar refractivity (Wildman–Crippen MR) is 120 cm³/mol. The minimum atomic E-state index is -0.538. The van der Waals surface area contributed by atoms with Crippen molar-refractivity contribution in [2.75, 3.05) is 5.75 Å². The molecule has 1 nitrogen and oxygen atoms in total. The zero-order valence-corrected chi connectivity index (χ0v) is 17.4. The molecule has 1 aliphatic rings. The summed E-state index contributed by atoms with van der Waals surface area (Å²) in [6, 6.07) is 27.8. The van der Waals surface area contributed by atoms with Crippen LogP contribution in [0.3, 0.4) is 0 Å². The Morgan fingerprint density at radius 1 is 0.793 bits per heavy atom. The van der Waals surface area contributed by atoms with Gasteiger partial charge in [0.25, 0.3) is 0 Å². The van der Waals surface area contributed by atoms with Crippen LogP contribution in [0.4, 0.5) is 4.39 Å². The average Bonchev–Trinajstić information content (AvgIpc) is 3.21. The van der Waals surface area contributed by atoms with Crippen molar-refractivity contribution in [3.05, 3.63) is 107 Å². The van der Waals surface area contributed by atoms with E-state index in [0.29, 0.717) is 0 Å². The number of hydrogen-bond acceptors (Lipinski definition) is 2. The molecule has 0 saturated carbocycles. The van der Waals surface area contributed by atoms with Gasteiger partial charge in [-0.1, -0.05) is 85.6 Å². The van der Waals surface area contributed by atoms with E-state index in [9.17, 15) is 4.39 Å². The van der Waals surface area contributed by atoms with E-state index < -0.39 is 4.93 Å². The predicted octanol–water partition coefficient (Wildman–Crippen LogP) is 6.96. The normalized spacial score (nSPS) is 21.3. The highest BCUT2D eigenvalue weighted by molar-refractivity contribution is 8.00. The molecule has 1 aliphatic heterocycles. The SMILES string of the molecule is Fc1ccc(C2(c3ccccc3)OC(CCCCCc3ccccc3)CS2)cc1. The first kappa shape index (κ1) is 20.2. The van der Waals surface area contributed by atoms with Crippen LogP contribution >= 0.6 is 11.8 Å². The number of halogens is 1. The summed E-state index contributed by atoms with van der Waals surface area (Å²) < 4.78 is 20.2. The Labute approximate surface area is 177 Å². The van der Waals surface area contributed by atoms with Crippen LogP contribution in [0.5, 0.6) is 0 Å². The van der Waals surface area contributed by atoms with Gasteiger partial charge in [0, 0.05) is 5.75 Å². The molecule has 0 spiro atoms. The monoisotopic (exact) mass is 406 g/mol. The van der Waals surface area contributed by atoms with Crippen LogP contribution in [0.25, 0.3) is 0 Å². The maximum absolute atomic E-state index is 13.5. The Morgan fingerprint density at radius 2 is 1.45 bits per heavy atom. The summed E-state index contributed by atoms with van der Waals surface area (Å²) >= 11 is 1.83. The summed E-state index contributed by atoms with van der Waals surface area (Å²) in [5, 5.41) is 0. The summed E-state index contributed by atoms with van der Waals surface area (Å²) in [6.45, 7) is 0. The molecule has 150 valence electrons. The highest BCUT2D eigenvalue weighted by atomic mass is 32.2. The molecule has 29 heavy (non-hydrogen) atoms. The van der Waals surface area contributed by atoms with Gasteiger partial charge < -0.3 is 4.74 Å².